The van der Waals surface area contributed by atoms with Crippen LogP contribution in [0.4, 0.5) is 5.69 Å². The Labute approximate surface area is 136 Å². The molecule has 1 aromatic carbocycles. The average Bonchev–Trinajstić information content (AvgIpc) is 2.43. The van der Waals surface area contributed by atoms with Gasteiger partial charge in [-0.2, -0.15) is 11.8 Å². The third-order valence-electron chi connectivity index (χ3n) is 2.53. The second-order valence-electron chi connectivity index (χ2n) is 4.76. The molecule has 0 aliphatic heterocycles. The number of rotatable bonds is 7. The first-order chi connectivity index (χ1) is 10.0. The van der Waals surface area contributed by atoms with Crippen LogP contribution in [0.25, 0.3) is 0 Å². The van der Waals surface area contributed by atoms with Crippen molar-refractivity contribution >= 4 is 40.7 Å². The molecule has 0 saturated heterocycles. The van der Waals surface area contributed by atoms with Gasteiger partial charge in [-0.25, -0.2) is 4.79 Å². The van der Waals surface area contributed by atoms with Gasteiger partial charge in [-0.15, -0.1) is 0 Å². The molecule has 1 aromatic rings. The molecule has 0 radical (unpaired) electrons. The SMILES string of the molecule is CSCCCNC(=S)Nc1ccc(C(=O)OC(C)C)cc1. The topological polar surface area (TPSA) is 50.4 Å². The fraction of sp³-hybridized carbons (Fsp3) is 0.467. The van der Waals surface area contributed by atoms with Crippen LogP contribution in [0.2, 0.25) is 0 Å². The number of carbonyl (C=O) groups excluding carboxylic acids is 1. The largest absolute Gasteiger partial charge is 0.459 e. The van der Waals surface area contributed by atoms with Crippen molar-refractivity contribution in [3.05, 3.63) is 29.8 Å². The third-order valence-corrected chi connectivity index (χ3v) is 3.48. The van der Waals surface area contributed by atoms with Gasteiger partial charge in [0.05, 0.1) is 11.7 Å². The molecule has 0 unspecified atom stereocenters. The molecule has 0 fully saturated rings. The van der Waals surface area contributed by atoms with E-state index in [4.69, 9.17) is 17.0 Å². The second-order valence-corrected chi connectivity index (χ2v) is 6.15. The molecule has 116 valence electrons. The first-order valence-corrected chi connectivity index (χ1v) is 8.68. The highest BCUT2D eigenvalue weighted by atomic mass is 32.2. The van der Waals surface area contributed by atoms with Gasteiger partial charge in [0.25, 0.3) is 0 Å². The fourth-order valence-corrected chi connectivity index (χ4v) is 2.22. The van der Waals surface area contributed by atoms with Crippen molar-refractivity contribution in [2.45, 2.75) is 26.4 Å². The number of hydrogen-bond donors (Lipinski definition) is 2. The van der Waals surface area contributed by atoms with Gasteiger partial charge in [-0.1, -0.05) is 0 Å². The zero-order chi connectivity index (χ0) is 15.7. The van der Waals surface area contributed by atoms with E-state index in [1.165, 1.54) is 0 Å². The predicted molar refractivity (Wildman–Crippen MR) is 94.2 cm³/mol. The minimum atomic E-state index is -0.311. The molecule has 0 saturated carbocycles. The van der Waals surface area contributed by atoms with E-state index in [0.29, 0.717) is 10.7 Å². The maximum absolute atomic E-state index is 11.7. The smallest absolute Gasteiger partial charge is 0.338 e. The van der Waals surface area contributed by atoms with Crippen LogP contribution < -0.4 is 10.6 Å². The van der Waals surface area contributed by atoms with E-state index < -0.39 is 0 Å². The zero-order valence-corrected chi connectivity index (χ0v) is 14.3. The molecule has 21 heavy (non-hydrogen) atoms. The van der Waals surface area contributed by atoms with Crippen molar-refractivity contribution in [1.29, 1.82) is 0 Å². The second kappa shape index (κ2) is 9.63. The van der Waals surface area contributed by atoms with Crippen molar-refractivity contribution in [3.8, 4) is 0 Å². The summed E-state index contributed by atoms with van der Waals surface area (Å²) >= 11 is 7.02. The number of nitrogens with one attached hydrogen (secondary N) is 2. The van der Waals surface area contributed by atoms with Crippen molar-refractivity contribution in [3.63, 3.8) is 0 Å². The highest BCUT2D eigenvalue weighted by Crippen LogP contribution is 2.11. The van der Waals surface area contributed by atoms with Gasteiger partial charge in [0.15, 0.2) is 5.11 Å². The van der Waals surface area contributed by atoms with Gasteiger partial charge in [0, 0.05) is 12.2 Å². The summed E-state index contributed by atoms with van der Waals surface area (Å²) in [5.41, 5.74) is 1.38. The summed E-state index contributed by atoms with van der Waals surface area (Å²) in [4.78, 5) is 11.7. The monoisotopic (exact) mass is 326 g/mol. The summed E-state index contributed by atoms with van der Waals surface area (Å²) in [6, 6.07) is 7.08. The van der Waals surface area contributed by atoms with E-state index in [0.717, 1.165) is 24.4 Å². The number of ether oxygens (including phenoxy) is 1. The standard InChI is InChI=1S/C15H22N2O2S2/c1-11(2)19-14(18)12-5-7-13(8-6-12)17-15(20)16-9-4-10-21-3/h5-8,11H,4,9-10H2,1-3H3,(H2,16,17,20). The zero-order valence-electron chi connectivity index (χ0n) is 12.6. The van der Waals surface area contributed by atoms with Crippen molar-refractivity contribution in [2.24, 2.45) is 0 Å². The van der Waals surface area contributed by atoms with Crippen molar-refractivity contribution in [1.82, 2.24) is 5.32 Å². The minimum Gasteiger partial charge on any atom is -0.459 e. The quantitative estimate of drug-likeness (QED) is 0.455. The molecule has 1 rings (SSSR count). The maximum atomic E-state index is 11.7. The molecule has 0 atom stereocenters. The lowest BCUT2D eigenvalue weighted by Gasteiger charge is -2.11. The molecular weight excluding hydrogens is 304 g/mol. The number of anilines is 1. The van der Waals surface area contributed by atoms with Crippen LogP contribution in [0, 0.1) is 0 Å². The number of thiocarbonyl (C=S) groups is 1. The number of thioether (sulfide) groups is 1. The number of benzene rings is 1. The predicted octanol–water partition coefficient (Wildman–Crippen LogP) is 3.29. The first kappa shape index (κ1) is 17.8. The normalized spacial score (nSPS) is 10.3. The Kier molecular flexibility index (Phi) is 8.15. The summed E-state index contributed by atoms with van der Waals surface area (Å²) in [6.45, 7) is 4.51. The third kappa shape index (κ3) is 7.34. The van der Waals surface area contributed by atoms with E-state index in [1.54, 1.807) is 12.1 Å². The summed E-state index contributed by atoms with van der Waals surface area (Å²) in [5, 5.41) is 6.82. The lowest BCUT2D eigenvalue weighted by atomic mass is 10.2. The molecular formula is C15H22N2O2S2. The van der Waals surface area contributed by atoms with E-state index in [2.05, 4.69) is 16.9 Å². The van der Waals surface area contributed by atoms with Gasteiger partial charge in [0.2, 0.25) is 0 Å². The van der Waals surface area contributed by atoms with E-state index in [1.807, 2.05) is 37.7 Å². The molecule has 0 bridgehead atoms. The highest BCUT2D eigenvalue weighted by Gasteiger charge is 2.08. The molecule has 0 amide bonds. The Morgan fingerprint density at radius 1 is 1.33 bits per heavy atom. The Balaban J connectivity index is 2.43. The number of hydrogen-bond acceptors (Lipinski definition) is 4. The lowest BCUT2D eigenvalue weighted by molar-refractivity contribution is 0.0378. The number of esters is 1. The van der Waals surface area contributed by atoms with Crippen molar-refractivity contribution < 1.29 is 9.53 Å². The summed E-state index contributed by atoms with van der Waals surface area (Å²) < 4.78 is 5.13. The molecule has 0 aliphatic rings. The average molecular weight is 326 g/mol. The lowest BCUT2D eigenvalue weighted by Crippen LogP contribution is -2.29. The Morgan fingerprint density at radius 3 is 2.57 bits per heavy atom. The molecule has 0 heterocycles. The Bertz CT molecular complexity index is 461. The van der Waals surface area contributed by atoms with Crippen molar-refractivity contribution in [2.75, 3.05) is 23.9 Å². The van der Waals surface area contributed by atoms with E-state index in [-0.39, 0.29) is 12.1 Å². The molecule has 0 spiro atoms. The van der Waals surface area contributed by atoms with Crippen LogP contribution in [0.1, 0.15) is 30.6 Å². The first-order valence-electron chi connectivity index (χ1n) is 6.87. The summed E-state index contributed by atoms with van der Waals surface area (Å²) in [5.74, 6) is 0.803. The molecule has 2 N–H and O–H groups in total. The maximum Gasteiger partial charge on any atom is 0.338 e. The van der Waals surface area contributed by atoms with Gasteiger partial charge in [-0.05, 0) is 68.8 Å². The summed E-state index contributed by atoms with van der Waals surface area (Å²) in [7, 11) is 0. The van der Waals surface area contributed by atoms with E-state index in [9.17, 15) is 4.79 Å². The van der Waals surface area contributed by atoms with Gasteiger partial charge in [0.1, 0.15) is 0 Å². The molecule has 4 nitrogen and oxygen atoms in total. The molecule has 6 heteroatoms. The van der Waals surface area contributed by atoms with E-state index >= 15 is 0 Å². The van der Waals surface area contributed by atoms with Gasteiger partial charge >= 0.3 is 5.97 Å². The fourth-order valence-electron chi connectivity index (χ4n) is 1.57. The summed E-state index contributed by atoms with van der Waals surface area (Å²) in [6.07, 6.45) is 3.04. The van der Waals surface area contributed by atoms with Crippen LogP contribution in [0.3, 0.4) is 0 Å². The minimum absolute atomic E-state index is 0.117. The Hall–Kier alpha value is -1.27. The van der Waals surface area contributed by atoms with Crippen LogP contribution in [0.5, 0.6) is 0 Å². The van der Waals surface area contributed by atoms with Gasteiger partial charge < -0.3 is 15.4 Å². The van der Waals surface area contributed by atoms with Crippen LogP contribution in [-0.2, 0) is 4.74 Å². The molecule has 0 aliphatic carbocycles. The van der Waals surface area contributed by atoms with Crippen LogP contribution >= 0.6 is 24.0 Å². The molecule has 0 aromatic heterocycles. The highest BCUT2D eigenvalue weighted by molar-refractivity contribution is 7.98. The van der Waals surface area contributed by atoms with Gasteiger partial charge in [-0.3, -0.25) is 0 Å². The number of carbonyl (C=O) groups is 1. The van der Waals surface area contributed by atoms with Crippen LogP contribution in [0.15, 0.2) is 24.3 Å². The Morgan fingerprint density at radius 2 is 2.00 bits per heavy atom. The van der Waals surface area contributed by atoms with Crippen LogP contribution in [-0.4, -0.2) is 35.7 Å².